The zero-order chi connectivity index (χ0) is 24.2. The minimum atomic E-state index is -4.99. The molecule has 0 radical (unpaired) electrons. The zero-order valence-electron chi connectivity index (χ0n) is 16.5. The van der Waals surface area contributed by atoms with Crippen molar-refractivity contribution in [3.8, 4) is 17.2 Å². The third-order valence-corrected chi connectivity index (χ3v) is 4.85. The summed E-state index contributed by atoms with van der Waals surface area (Å²) in [7, 11) is 0. The lowest BCUT2D eigenvalue weighted by atomic mass is 10.1. The van der Waals surface area contributed by atoms with Crippen LogP contribution in [0, 0.1) is 18.6 Å². The minimum absolute atomic E-state index is 0.0676. The Balaban J connectivity index is 1.89. The minimum Gasteiger partial charge on any atom is -0.449 e. The molecular formula is C21H12F5N3O4. The van der Waals surface area contributed by atoms with E-state index >= 15 is 0 Å². The second-order valence-electron chi connectivity index (χ2n) is 7.12. The molecule has 2 aromatic carbocycles. The van der Waals surface area contributed by atoms with Gasteiger partial charge in [0, 0.05) is 6.07 Å². The van der Waals surface area contributed by atoms with E-state index in [1.807, 2.05) is 5.32 Å². The number of amides is 2. The van der Waals surface area contributed by atoms with Gasteiger partial charge in [-0.05, 0) is 36.8 Å². The number of halogens is 5. The van der Waals surface area contributed by atoms with Crippen LogP contribution in [0.3, 0.4) is 0 Å². The third kappa shape index (κ3) is 3.69. The second kappa shape index (κ2) is 7.43. The smallest absolute Gasteiger partial charge is 0.416 e. The van der Waals surface area contributed by atoms with Crippen LogP contribution in [-0.2, 0) is 6.18 Å². The number of fused-ring (bicyclic) bond motifs is 1. The zero-order valence-corrected chi connectivity index (χ0v) is 16.5. The van der Waals surface area contributed by atoms with Crippen molar-refractivity contribution < 1.29 is 36.3 Å². The van der Waals surface area contributed by atoms with Crippen LogP contribution >= 0.6 is 0 Å². The SMILES string of the molecule is Cc1ccc(Oc2c(F)cc(C(F)(F)F)cc2F)c(-n2c(N)c3c(cc2=O)C(=O)NC3=O)c1. The molecule has 33 heavy (non-hydrogen) atoms. The lowest BCUT2D eigenvalue weighted by molar-refractivity contribution is -0.138. The van der Waals surface area contributed by atoms with E-state index in [2.05, 4.69) is 0 Å². The number of anilines is 1. The van der Waals surface area contributed by atoms with Crippen molar-refractivity contribution in [2.75, 3.05) is 5.73 Å². The lowest BCUT2D eigenvalue weighted by Crippen LogP contribution is -2.24. The summed E-state index contributed by atoms with van der Waals surface area (Å²) in [5.41, 5.74) is 3.43. The number of nitrogen functional groups attached to an aromatic ring is 1. The number of nitrogens with one attached hydrogen (secondary N) is 1. The number of carbonyl (C=O) groups excluding carboxylic acids is 2. The summed E-state index contributed by atoms with van der Waals surface area (Å²) in [5.74, 6) is -6.87. The maximum Gasteiger partial charge on any atom is 0.416 e. The molecule has 2 amide bonds. The Kier molecular flexibility index (Phi) is 4.95. The first-order valence-electron chi connectivity index (χ1n) is 9.15. The predicted molar refractivity (Wildman–Crippen MR) is 104 cm³/mol. The maximum absolute atomic E-state index is 14.3. The molecule has 170 valence electrons. The van der Waals surface area contributed by atoms with Gasteiger partial charge in [0.25, 0.3) is 17.4 Å². The highest BCUT2D eigenvalue weighted by atomic mass is 19.4. The van der Waals surface area contributed by atoms with E-state index < -0.39 is 52.3 Å². The van der Waals surface area contributed by atoms with Gasteiger partial charge < -0.3 is 10.5 Å². The summed E-state index contributed by atoms with van der Waals surface area (Å²) in [5, 5.41) is 1.99. The van der Waals surface area contributed by atoms with Crippen LogP contribution in [0.2, 0.25) is 0 Å². The molecule has 0 unspecified atom stereocenters. The second-order valence-corrected chi connectivity index (χ2v) is 7.12. The molecule has 1 aromatic heterocycles. The van der Waals surface area contributed by atoms with Crippen molar-refractivity contribution in [1.82, 2.24) is 9.88 Å². The van der Waals surface area contributed by atoms with Crippen LogP contribution in [0.4, 0.5) is 27.8 Å². The summed E-state index contributed by atoms with van der Waals surface area (Å²) < 4.78 is 73.1. The molecule has 0 fully saturated rings. The standard InChI is InChI=1S/C21H12F5N3O4/c1-8-2-3-14(33-17-11(22)5-9(6-12(17)23)21(24,25)26)13(4-8)29-15(30)7-10-16(18(29)27)20(32)28-19(10)31/h2-7H,27H2,1H3,(H,28,31,32). The molecule has 0 saturated carbocycles. The Bertz CT molecular complexity index is 1390. The van der Waals surface area contributed by atoms with Gasteiger partial charge in [0.1, 0.15) is 5.82 Å². The first-order valence-corrected chi connectivity index (χ1v) is 9.15. The Morgan fingerprint density at radius 1 is 0.970 bits per heavy atom. The van der Waals surface area contributed by atoms with E-state index in [0.29, 0.717) is 5.56 Å². The molecule has 0 spiro atoms. The van der Waals surface area contributed by atoms with E-state index in [-0.39, 0.29) is 34.7 Å². The number of rotatable bonds is 3. The lowest BCUT2D eigenvalue weighted by Gasteiger charge is -2.18. The number of imide groups is 1. The highest BCUT2D eigenvalue weighted by Gasteiger charge is 2.34. The summed E-state index contributed by atoms with van der Waals surface area (Å²) in [6, 6.07) is 5.00. The highest BCUT2D eigenvalue weighted by Crippen LogP contribution is 2.37. The number of benzene rings is 2. The van der Waals surface area contributed by atoms with Crippen LogP contribution in [0.15, 0.2) is 41.2 Å². The number of hydrogen-bond donors (Lipinski definition) is 2. The fourth-order valence-electron chi connectivity index (χ4n) is 3.35. The molecule has 3 aromatic rings. The van der Waals surface area contributed by atoms with Gasteiger partial charge in [-0.3, -0.25) is 24.3 Å². The number of ether oxygens (including phenoxy) is 1. The molecule has 4 rings (SSSR count). The van der Waals surface area contributed by atoms with E-state index in [1.54, 1.807) is 6.92 Å². The van der Waals surface area contributed by atoms with Crippen molar-refractivity contribution >= 4 is 17.6 Å². The highest BCUT2D eigenvalue weighted by molar-refractivity contribution is 6.23. The number of pyridine rings is 1. The molecule has 1 aliphatic heterocycles. The number of aryl methyl sites for hydroxylation is 1. The van der Waals surface area contributed by atoms with Gasteiger partial charge in [-0.2, -0.15) is 13.2 Å². The van der Waals surface area contributed by atoms with Gasteiger partial charge in [-0.25, -0.2) is 8.78 Å². The molecule has 0 atom stereocenters. The fourth-order valence-corrected chi connectivity index (χ4v) is 3.35. The van der Waals surface area contributed by atoms with Crippen molar-refractivity contribution in [3.05, 3.63) is 80.6 Å². The molecule has 1 aliphatic rings. The number of nitrogens with two attached hydrogens (primary N) is 1. The maximum atomic E-state index is 14.3. The van der Waals surface area contributed by atoms with Crippen molar-refractivity contribution in [2.24, 2.45) is 0 Å². The molecule has 0 saturated heterocycles. The predicted octanol–water partition coefficient (Wildman–Crippen LogP) is 3.70. The van der Waals surface area contributed by atoms with Crippen LogP contribution in [0.25, 0.3) is 5.69 Å². The van der Waals surface area contributed by atoms with Crippen LogP contribution in [0.1, 0.15) is 31.8 Å². The Labute approximate surface area is 181 Å². The number of aromatic nitrogens is 1. The summed E-state index contributed by atoms with van der Waals surface area (Å²) in [6.07, 6.45) is -4.99. The van der Waals surface area contributed by atoms with E-state index in [0.717, 1.165) is 10.6 Å². The topological polar surface area (TPSA) is 103 Å². The van der Waals surface area contributed by atoms with E-state index in [9.17, 15) is 36.3 Å². The van der Waals surface area contributed by atoms with Crippen molar-refractivity contribution in [2.45, 2.75) is 13.1 Å². The van der Waals surface area contributed by atoms with Crippen LogP contribution in [-0.4, -0.2) is 16.4 Å². The molecule has 7 nitrogen and oxygen atoms in total. The molecule has 3 N–H and O–H groups in total. The molecular weight excluding hydrogens is 453 g/mol. The molecule has 0 aliphatic carbocycles. The van der Waals surface area contributed by atoms with Gasteiger partial charge in [-0.15, -0.1) is 0 Å². The third-order valence-electron chi connectivity index (χ3n) is 4.85. The summed E-state index contributed by atoms with van der Waals surface area (Å²) in [6.45, 7) is 1.61. The van der Waals surface area contributed by atoms with Crippen molar-refractivity contribution in [1.29, 1.82) is 0 Å². The summed E-state index contributed by atoms with van der Waals surface area (Å²) in [4.78, 5) is 36.6. The Morgan fingerprint density at radius 3 is 2.21 bits per heavy atom. The molecule has 0 bridgehead atoms. The Hall–Kier alpha value is -4.22. The van der Waals surface area contributed by atoms with E-state index in [4.69, 9.17) is 10.5 Å². The number of alkyl halides is 3. The molecule has 2 heterocycles. The van der Waals surface area contributed by atoms with Gasteiger partial charge in [0.2, 0.25) is 0 Å². The van der Waals surface area contributed by atoms with Crippen LogP contribution in [0.5, 0.6) is 11.5 Å². The normalized spacial score (nSPS) is 13.2. The number of hydrogen-bond acceptors (Lipinski definition) is 5. The average molecular weight is 465 g/mol. The van der Waals surface area contributed by atoms with Gasteiger partial charge in [0.05, 0.1) is 22.4 Å². The van der Waals surface area contributed by atoms with Crippen LogP contribution < -0.4 is 21.3 Å². The Morgan fingerprint density at radius 2 is 1.61 bits per heavy atom. The fraction of sp³-hybridized carbons (Fsp3) is 0.0952. The summed E-state index contributed by atoms with van der Waals surface area (Å²) >= 11 is 0. The van der Waals surface area contributed by atoms with E-state index in [1.165, 1.54) is 18.2 Å². The first kappa shape index (κ1) is 22.0. The van der Waals surface area contributed by atoms with Gasteiger partial charge in [0.15, 0.2) is 23.1 Å². The molecule has 12 heteroatoms. The largest absolute Gasteiger partial charge is 0.449 e. The average Bonchev–Trinajstić information content (AvgIpc) is 2.98. The number of nitrogens with zero attached hydrogens (tertiary/aromatic N) is 1. The van der Waals surface area contributed by atoms with Gasteiger partial charge in [-0.1, -0.05) is 6.07 Å². The first-order chi connectivity index (χ1) is 15.4. The van der Waals surface area contributed by atoms with Gasteiger partial charge >= 0.3 is 6.18 Å². The van der Waals surface area contributed by atoms with Crippen molar-refractivity contribution in [3.63, 3.8) is 0 Å². The quantitative estimate of drug-likeness (QED) is 0.454. The number of carbonyl (C=O) groups is 2. The monoisotopic (exact) mass is 465 g/mol.